The topological polar surface area (TPSA) is 17.1 Å². The molecule has 0 aliphatic rings. The lowest BCUT2D eigenvalue weighted by Gasteiger charge is -1.96. The van der Waals surface area contributed by atoms with Gasteiger partial charge in [-0.1, -0.05) is 35.9 Å². The molecular weight excluding hydrogens is 216 g/mol. The van der Waals surface area contributed by atoms with Crippen molar-refractivity contribution in [3.05, 3.63) is 63.9 Å². The quantitative estimate of drug-likeness (QED) is 0.574. The van der Waals surface area contributed by atoms with E-state index in [1.54, 1.807) is 17.4 Å². The minimum atomic E-state index is 0.0494. The Morgan fingerprint density at radius 1 is 1.19 bits per heavy atom. The van der Waals surface area contributed by atoms with Gasteiger partial charge in [-0.05, 0) is 30.5 Å². The second-order valence-electron chi connectivity index (χ2n) is 3.58. The molecule has 0 saturated heterocycles. The van der Waals surface area contributed by atoms with Crippen LogP contribution in [-0.2, 0) is 0 Å². The number of ketones is 1. The smallest absolute Gasteiger partial charge is 0.185 e. The summed E-state index contributed by atoms with van der Waals surface area (Å²) in [6, 6.07) is 11.6. The van der Waals surface area contributed by atoms with Crippen molar-refractivity contribution in [2.45, 2.75) is 6.92 Å². The van der Waals surface area contributed by atoms with Crippen LogP contribution in [-0.4, -0.2) is 5.78 Å². The zero-order valence-corrected chi connectivity index (χ0v) is 9.83. The number of thiophene rings is 1. The lowest BCUT2D eigenvalue weighted by molar-refractivity contribution is 0.104. The van der Waals surface area contributed by atoms with Gasteiger partial charge in [0.25, 0.3) is 0 Å². The van der Waals surface area contributed by atoms with Crippen molar-refractivity contribution in [3.8, 4) is 0 Å². The number of rotatable bonds is 3. The van der Waals surface area contributed by atoms with Crippen LogP contribution in [0.15, 0.2) is 47.9 Å². The van der Waals surface area contributed by atoms with Crippen LogP contribution in [0.1, 0.15) is 20.8 Å². The van der Waals surface area contributed by atoms with Crippen LogP contribution < -0.4 is 0 Å². The highest BCUT2D eigenvalue weighted by Gasteiger charge is 2.00. The van der Waals surface area contributed by atoms with Crippen molar-refractivity contribution in [1.82, 2.24) is 0 Å². The van der Waals surface area contributed by atoms with E-state index in [-0.39, 0.29) is 5.78 Å². The number of carbonyl (C=O) groups is 1. The molecule has 0 aliphatic heterocycles. The van der Waals surface area contributed by atoms with Crippen molar-refractivity contribution >= 4 is 23.2 Å². The first-order chi connectivity index (χ1) is 7.75. The van der Waals surface area contributed by atoms with Gasteiger partial charge in [0.1, 0.15) is 0 Å². The number of hydrogen-bond donors (Lipinski definition) is 0. The van der Waals surface area contributed by atoms with Crippen LogP contribution in [0.25, 0.3) is 6.08 Å². The molecule has 0 fully saturated rings. The maximum absolute atomic E-state index is 11.8. The zero-order chi connectivity index (χ0) is 11.4. The molecule has 0 spiro atoms. The van der Waals surface area contributed by atoms with Crippen molar-refractivity contribution in [2.75, 3.05) is 0 Å². The third-order valence-electron chi connectivity index (χ3n) is 2.28. The van der Waals surface area contributed by atoms with E-state index in [0.29, 0.717) is 0 Å². The summed E-state index contributed by atoms with van der Waals surface area (Å²) in [6.07, 6.45) is 3.48. The highest BCUT2D eigenvalue weighted by Crippen LogP contribution is 2.11. The summed E-state index contributed by atoms with van der Waals surface area (Å²) in [5.41, 5.74) is 1.90. The molecule has 0 saturated carbocycles. The van der Waals surface area contributed by atoms with E-state index in [1.807, 2.05) is 54.8 Å². The molecule has 0 amide bonds. The molecule has 0 N–H and O–H groups in total. The maximum atomic E-state index is 11.8. The molecule has 1 nitrogen and oxygen atoms in total. The highest BCUT2D eigenvalue weighted by atomic mass is 32.1. The Bertz CT molecular complexity index is 492. The summed E-state index contributed by atoms with van der Waals surface area (Å²) in [6.45, 7) is 2.01. The summed E-state index contributed by atoms with van der Waals surface area (Å²) >= 11 is 1.62. The number of benzene rings is 1. The summed E-state index contributed by atoms with van der Waals surface area (Å²) in [4.78, 5) is 12.9. The molecule has 0 radical (unpaired) electrons. The number of carbonyl (C=O) groups excluding carboxylic acids is 1. The lowest BCUT2D eigenvalue weighted by atomic mass is 10.1. The Labute approximate surface area is 99.1 Å². The van der Waals surface area contributed by atoms with E-state index in [9.17, 15) is 4.79 Å². The van der Waals surface area contributed by atoms with E-state index < -0.39 is 0 Å². The molecule has 0 bridgehead atoms. The molecule has 0 aliphatic carbocycles. The van der Waals surface area contributed by atoms with Gasteiger partial charge < -0.3 is 0 Å². The van der Waals surface area contributed by atoms with Gasteiger partial charge in [0.05, 0.1) is 0 Å². The Kier molecular flexibility index (Phi) is 3.32. The van der Waals surface area contributed by atoms with E-state index in [1.165, 1.54) is 5.56 Å². The van der Waals surface area contributed by atoms with E-state index >= 15 is 0 Å². The fourth-order valence-corrected chi connectivity index (χ4v) is 1.98. The summed E-state index contributed by atoms with van der Waals surface area (Å²) < 4.78 is 0. The van der Waals surface area contributed by atoms with Crippen molar-refractivity contribution in [2.24, 2.45) is 0 Å². The van der Waals surface area contributed by atoms with E-state index in [2.05, 4.69) is 0 Å². The molecular formula is C14H12OS. The third kappa shape index (κ3) is 2.67. The molecule has 2 rings (SSSR count). The predicted molar refractivity (Wildman–Crippen MR) is 68.9 cm³/mol. The standard InChI is InChI=1S/C14H12OS/c1-11-4-6-12(7-5-11)14(15)9-8-13-3-2-10-16-13/h2-10H,1H3. The first-order valence-corrected chi connectivity index (χ1v) is 5.96. The van der Waals surface area contributed by atoms with Crippen molar-refractivity contribution in [1.29, 1.82) is 0 Å². The monoisotopic (exact) mass is 228 g/mol. The number of aryl methyl sites for hydroxylation is 1. The Hall–Kier alpha value is -1.67. The second kappa shape index (κ2) is 4.90. The zero-order valence-electron chi connectivity index (χ0n) is 9.01. The molecule has 1 heterocycles. The van der Waals surface area contributed by atoms with Crippen molar-refractivity contribution < 1.29 is 4.79 Å². The first kappa shape index (κ1) is 10.8. The van der Waals surface area contributed by atoms with Gasteiger partial charge in [0.15, 0.2) is 5.78 Å². The average Bonchev–Trinajstić information content (AvgIpc) is 2.80. The Morgan fingerprint density at radius 2 is 1.94 bits per heavy atom. The number of hydrogen-bond acceptors (Lipinski definition) is 2. The minimum Gasteiger partial charge on any atom is -0.289 e. The normalized spacial score (nSPS) is 10.8. The van der Waals surface area contributed by atoms with Crippen LogP contribution in [0.5, 0.6) is 0 Å². The van der Waals surface area contributed by atoms with E-state index in [4.69, 9.17) is 0 Å². The predicted octanol–water partition coefficient (Wildman–Crippen LogP) is 3.95. The summed E-state index contributed by atoms with van der Waals surface area (Å²) in [5, 5.41) is 2.00. The molecule has 80 valence electrons. The van der Waals surface area contributed by atoms with Gasteiger partial charge in [-0.15, -0.1) is 11.3 Å². The third-order valence-corrected chi connectivity index (χ3v) is 3.12. The average molecular weight is 228 g/mol. The molecule has 2 heteroatoms. The lowest BCUT2D eigenvalue weighted by Crippen LogP contribution is -1.93. The number of allylic oxidation sites excluding steroid dienone is 1. The fraction of sp³-hybridized carbons (Fsp3) is 0.0714. The van der Waals surface area contributed by atoms with Crippen LogP contribution in [0.4, 0.5) is 0 Å². The van der Waals surface area contributed by atoms with Gasteiger partial charge in [0.2, 0.25) is 0 Å². The van der Waals surface area contributed by atoms with Gasteiger partial charge in [-0.25, -0.2) is 0 Å². The van der Waals surface area contributed by atoms with Crippen LogP contribution in [0.3, 0.4) is 0 Å². The van der Waals surface area contributed by atoms with Gasteiger partial charge in [0, 0.05) is 10.4 Å². The minimum absolute atomic E-state index is 0.0494. The van der Waals surface area contributed by atoms with Gasteiger partial charge in [-0.2, -0.15) is 0 Å². The van der Waals surface area contributed by atoms with Crippen LogP contribution >= 0.6 is 11.3 Å². The molecule has 0 atom stereocenters. The van der Waals surface area contributed by atoms with Gasteiger partial charge >= 0.3 is 0 Å². The Balaban J connectivity index is 2.11. The van der Waals surface area contributed by atoms with Crippen LogP contribution in [0, 0.1) is 6.92 Å². The summed E-state index contributed by atoms with van der Waals surface area (Å²) in [7, 11) is 0. The summed E-state index contributed by atoms with van der Waals surface area (Å²) in [5.74, 6) is 0.0494. The van der Waals surface area contributed by atoms with Gasteiger partial charge in [-0.3, -0.25) is 4.79 Å². The first-order valence-electron chi connectivity index (χ1n) is 5.08. The SMILES string of the molecule is Cc1ccc(C(=O)C=Cc2cccs2)cc1. The molecule has 0 unspecified atom stereocenters. The maximum Gasteiger partial charge on any atom is 0.185 e. The largest absolute Gasteiger partial charge is 0.289 e. The Morgan fingerprint density at radius 3 is 2.56 bits per heavy atom. The molecule has 1 aromatic carbocycles. The van der Waals surface area contributed by atoms with E-state index in [0.717, 1.165) is 10.4 Å². The fourth-order valence-electron chi connectivity index (χ4n) is 1.36. The molecule has 1 aromatic heterocycles. The molecule has 16 heavy (non-hydrogen) atoms. The highest BCUT2D eigenvalue weighted by molar-refractivity contribution is 7.10. The second-order valence-corrected chi connectivity index (χ2v) is 4.56. The van der Waals surface area contributed by atoms with Crippen LogP contribution in [0.2, 0.25) is 0 Å². The molecule has 2 aromatic rings. The van der Waals surface area contributed by atoms with Crippen molar-refractivity contribution in [3.63, 3.8) is 0 Å².